The standard InChI is InChI=1S/C7H14NO2/c1-3-4-10-7(9)6(2)5-8/h6H,1,3-5,8H2,2H3. The van der Waals surface area contributed by atoms with E-state index < -0.39 is 0 Å². The second-order valence-electron chi connectivity index (χ2n) is 2.16. The molecule has 0 aromatic rings. The summed E-state index contributed by atoms with van der Waals surface area (Å²) >= 11 is 0. The SMILES string of the molecule is [CH2]CCOC(=O)C(C)CN. The monoisotopic (exact) mass is 144 g/mol. The smallest absolute Gasteiger partial charge is 0.309 e. The Labute approximate surface area is 61.5 Å². The fraction of sp³-hybridized carbons (Fsp3) is 0.714. The molecule has 10 heavy (non-hydrogen) atoms. The largest absolute Gasteiger partial charge is 0.465 e. The van der Waals surface area contributed by atoms with Crippen molar-refractivity contribution in [3.05, 3.63) is 6.92 Å². The number of esters is 1. The molecule has 2 N–H and O–H groups in total. The second kappa shape index (κ2) is 5.23. The molecule has 0 rings (SSSR count). The first kappa shape index (κ1) is 9.43. The van der Waals surface area contributed by atoms with E-state index in [0.29, 0.717) is 19.6 Å². The zero-order valence-electron chi connectivity index (χ0n) is 6.30. The van der Waals surface area contributed by atoms with Crippen LogP contribution in [0.1, 0.15) is 13.3 Å². The van der Waals surface area contributed by atoms with E-state index in [1.54, 1.807) is 6.92 Å². The Morgan fingerprint density at radius 3 is 2.80 bits per heavy atom. The fourth-order valence-electron chi connectivity index (χ4n) is 0.411. The Morgan fingerprint density at radius 1 is 1.80 bits per heavy atom. The molecule has 0 fully saturated rings. The molecule has 0 saturated carbocycles. The molecule has 3 heteroatoms. The summed E-state index contributed by atoms with van der Waals surface area (Å²) in [5.74, 6) is -0.419. The Morgan fingerprint density at radius 2 is 2.40 bits per heavy atom. The van der Waals surface area contributed by atoms with Gasteiger partial charge in [-0.2, -0.15) is 0 Å². The molecule has 0 aliphatic heterocycles. The van der Waals surface area contributed by atoms with Crippen LogP contribution in [0.5, 0.6) is 0 Å². The van der Waals surface area contributed by atoms with Gasteiger partial charge in [-0.05, 0) is 13.3 Å². The Bertz CT molecular complexity index is 104. The highest BCUT2D eigenvalue weighted by Crippen LogP contribution is 1.95. The molecule has 1 unspecified atom stereocenters. The van der Waals surface area contributed by atoms with Crippen molar-refractivity contribution in [3.8, 4) is 0 Å². The number of hydrogen-bond acceptors (Lipinski definition) is 3. The molecule has 0 bridgehead atoms. The summed E-state index contributed by atoms with van der Waals surface area (Å²) in [7, 11) is 0. The van der Waals surface area contributed by atoms with Crippen LogP contribution in [0.2, 0.25) is 0 Å². The van der Waals surface area contributed by atoms with Crippen LogP contribution in [0.15, 0.2) is 0 Å². The minimum atomic E-state index is -0.230. The van der Waals surface area contributed by atoms with Crippen molar-refractivity contribution < 1.29 is 9.53 Å². The van der Waals surface area contributed by atoms with Gasteiger partial charge in [0.15, 0.2) is 0 Å². The number of carbonyl (C=O) groups is 1. The van der Waals surface area contributed by atoms with Crippen molar-refractivity contribution in [3.63, 3.8) is 0 Å². The van der Waals surface area contributed by atoms with Gasteiger partial charge < -0.3 is 10.5 Å². The summed E-state index contributed by atoms with van der Waals surface area (Å²) in [5, 5.41) is 0. The third kappa shape index (κ3) is 3.45. The summed E-state index contributed by atoms with van der Waals surface area (Å²) in [6.45, 7) is 6.01. The van der Waals surface area contributed by atoms with Crippen molar-refractivity contribution in [2.45, 2.75) is 13.3 Å². The van der Waals surface area contributed by atoms with E-state index in [0.717, 1.165) is 0 Å². The van der Waals surface area contributed by atoms with Gasteiger partial charge in [0.05, 0.1) is 12.5 Å². The van der Waals surface area contributed by atoms with Gasteiger partial charge in [-0.25, -0.2) is 0 Å². The van der Waals surface area contributed by atoms with Gasteiger partial charge >= 0.3 is 5.97 Å². The highest BCUT2D eigenvalue weighted by atomic mass is 16.5. The lowest BCUT2D eigenvalue weighted by molar-refractivity contribution is -0.147. The highest BCUT2D eigenvalue weighted by Gasteiger charge is 2.10. The summed E-state index contributed by atoms with van der Waals surface area (Å²) in [6.07, 6.45) is 0.614. The quantitative estimate of drug-likeness (QED) is 0.579. The van der Waals surface area contributed by atoms with E-state index in [9.17, 15) is 4.79 Å². The Balaban J connectivity index is 3.42. The molecule has 0 aromatic carbocycles. The lowest BCUT2D eigenvalue weighted by Crippen LogP contribution is -2.22. The zero-order valence-corrected chi connectivity index (χ0v) is 6.30. The van der Waals surface area contributed by atoms with Gasteiger partial charge in [-0.3, -0.25) is 4.79 Å². The first-order valence-corrected chi connectivity index (χ1v) is 3.38. The lowest BCUT2D eigenvalue weighted by Gasteiger charge is -2.06. The molecular weight excluding hydrogens is 130 g/mol. The van der Waals surface area contributed by atoms with E-state index in [4.69, 9.17) is 10.5 Å². The van der Waals surface area contributed by atoms with Gasteiger partial charge in [0.25, 0.3) is 0 Å². The van der Waals surface area contributed by atoms with E-state index in [2.05, 4.69) is 6.92 Å². The van der Waals surface area contributed by atoms with Crippen LogP contribution < -0.4 is 5.73 Å². The number of nitrogens with two attached hydrogens (primary N) is 1. The van der Waals surface area contributed by atoms with Crippen LogP contribution in [-0.4, -0.2) is 19.1 Å². The third-order valence-corrected chi connectivity index (χ3v) is 1.14. The van der Waals surface area contributed by atoms with Crippen molar-refractivity contribution in [1.29, 1.82) is 0 Å². The van der Waals surface area contributed by atoms with Crippen molar-refractivity contribution in [2.75, 3.05) is 13.2 Å². The predicted molar refractivity (Wildman–Crippen MR) is 39.2 cm³/mol. The van der Waals surface area contributed by atoms with Gasteiger partial charge in [0, 0.05) is 6.54 Å². The summed E-state index contributed by atoms with van der Waals surface area (Å²) < 4.78 is 4.76. The van der Waals surface area contributed by atoms with Crippen LogP contribution in [0.3, 0.4) is 0 Å². The van der Waals surface area contributed by atoms with Crippen molar-refractivity contribution >= 4 is 5.97 Å². The van der Waals surface area contributed by atoms with Crippen molar-refractivity contribution in [1.82, 2.24) is 0 Å². The molecule has 1 atom stereocenters. The molecule has 0 aliphatic carbocycles. The van der Waals surface area contributed by atoms with Gasteiger partial charge in [-0.15, -0.1) is 0 Å². The van der Waals surface area contributed by atoms with Gasteiger partial charge in [0.2, 0.25) is 0 Å². The third-order valence-electron chi connectivity index (χ3n) is 1.14. The van der Waals surface area contributed by atoms with Crippen LogP contribution in [0.4, 0.5) is 0 Å². The summed E-state index contributed by atoms with van der Waals surface area (Å²) in [4.78, 5) is 10.8. The van der Waals surface area contributed by atoms with E-state index in [-0.39, 0.29) is 11.9 Å². The predicted octanol–water partition coefficient (Wildman–Crippen LogP) is 0.349. The topological polar surface area (TPSA) is 52.3 Å². The average Bonchev–Trinajstić information content (AvgIpc) is 1.98. The first-order chi connectivity index (χ1) is 4.72. The van der Waals surface area contributed by atoms with Crippen LogP contribution in [-0.2, 0) is 9.53 Å². The normalized spacial score (nSPS) is 12.7. The van der Waals surface area contributed by atoms with E-state index in [1.807, 2.05) is 0 Å². The fourth-order valence-corrected chi connectivity index (χ4v) is 0.411. The second-order valence-corrected chi connectivity index (χ2v) is 2.16. The number of carbonyl (C=O) groups excluding carboxylic acids is 1. The Kier molecular flexibility index (Phi) is 4.94. The zero-order chi connectivity index (χ0) is 7.98. The molecule has 0 spiro atoms. The number of rotatable bonds is 4. The minimum absolute atomic E-state index is 0.188. The summed E-state index contributed by atoms with van der Waals surface area (Å²) in [5.41, 5.74) is 5.23. The van der Waals surface area contributed by atoms with Gasteiger partial charge in [0.1, 0.15) is 0 Å². The minimum Gasteiger partial charge on any atom is -0.465 e. The summed E-state index contributed by atoms with van der Waals surface area (Å²) in [6, 6.07) is 0. The van der Waals surface area contributed by atoms with Crippen LogP contribution >= 0.6 is 0 Å². The van der Waals surface area contributed by atoms with E-state index in [1.165, 1.54) is 0 Å². The maximum atomic E-state index is 10.8. The molecule has 0 aromatic heterocycles. The Hall–Kier alpha value is -0.570. The van der Waals surface area contributed by atoms with Crippen molar-refractivity contribution in [2.24, 2.45) is 11.7 Å². The molecule has 59 valence electrons. The van der Waals surface area contributed by atoms with Crippen LogP contribution in [0, 0.1) is 12.8 Å². The van der Waals surface area contributed by atoms with E-state index >= 15 is 0 Å². The molecular formula is C7H14NO2. The maximum Gasteiger partial charge on any atom is 0.309 e. The molecule has 3 nitrogen and oxygen atoms in total. The number of ether oxygens (including phenoxy) is 1. The molecule has 0 heterocycles. The molecule has 1 radical (unpaired) electrons. The molecule has 0 aliphatic rings. The molecule has 0 saturated heterocycles. The molecule has 0 amide bonds. The maximum absolute atomic E-state index is 10.8. The lowest BCUT2D eigenvalue weighted by atomic mass is 10.2. The average molecular weight is 144 g/mol. The van der Waals surface area contributed by atoms with Crippen LogP contribution in [0.25, 0.3) is 0 Å². The van der Waals surface area contributed by atoms with Gasteiger partial charge in [-0.1, -0.05) is 6.92 Å². The first-order valence-electron chi connectivity index (χ1n) is 3.38. The highest BCUT2D eigenvalue weighted by molar-refractivity contribution is 5.72. The number of hydrogen-bond donors (Lipinski definition) is 1.